The molecule has 4 nitrogen and oxygen atoms in total. The maximum absolute atomic E-state index is 11.4. The first-order chi connectivity index (χ1) is 5.89. The molecule has 72 valence electrons. The topological polar surface area (TPSA) is 68.0 Å². The van der Waals surface area contributed by atoms with E-state index in [-0.39, 0.29) is 5.91 Å². The molecule has 0 saturated heterocycles. The zero-order valence-electron chi connectivity index (χ0n) is 7.92. The van der Waals surface area contributed by atoms with Gasteiger partial charge in [0, 0.05) is 11.1 Å². The minimum Gasteiger partial charge on any atom is -0.318 e. The quantitative estimate of drug-likeness (QED) is 0.750. The van der Waals surface area contributed by atoms with Gasteiger partial charge in [-0.25, -0.2) is 4.98 Å². The second-order valence-electron chi connectivity index (χ2n) is 3.45. The van der Waals surface area contributed by atoms with E-state index in [1.807, 2.05) is 6.92 Å². The Balaban J connectivity index is 2.65. The molecule has 1 heterocycles. The highest BCUT2D eigenvalue weighted by molar-refractivity contribution is 7.15. The van der Waals surface area contributed by atoms with Gasteiger partial charge in [-0.2, -0.15) is 0 Å². The van der Waals surface area contributed by atoms with Gasteiger partial charge in [0.2, 0.25) is 5.91 Å². The van der Waals surface area contributed by atoms with Crippen LogP contribution in [0.4, 0.5) is 5.13 Å². The van der Waals surface area contributed by atoms with Gasteiger partial charge in [-0.05, 0) is 20.8 Å². The molecule has 1 aromatic rings. The van der Waals surface area contributed by atoms with Crippen LogP contribution in [0.25, 0.3) is 0 Å². The number of aromatic nitrogens is 1. The van der Waals surface area contributed by atoms with E-state index in [0.29, 0.717) is 5.13 Å². The molecule has 0 spiro atoms. The van der Waals surface area contributed by atoms with Crippen molar-refractivity contribution < 1.29 is 4.79 Å². The first kappa shape index (κ1) is 10.1. The SMILES string of the molecule is Cc1cnc(NC(=O)C(C)(C)N)s1. The van der Waals surface area contributed by atoms with E-state index in [9.17, 15) is 4.79 Å². The lowest BCUT2D eigenvalue weighted by Crippen LogP contribution is -2.45. The molecule has 13 heavy (non-hydrogen) atoms. The third-order valence-electron chi connectivity index (χ3n) is 1.43. The number of carbonyl (C=O) groups is 1. The Kier molecular flexibility index (Phi) is 2.68. The van der Waals surface area contributed by atoms with E-state index < -0.39 is 5.54 Å². The highest BCUT2D eigenvalue weighted by Gasteiger charge is 2.22. The number of thiazole rings is 1. The highest BCUT2D eigenvalue weighted by Crippen LogP contribution is 2.17. The molecule has 0 aliphatic carbocycles. The van der Waals surface area contributed by atoms with E-state index in [1.165, 1.54) is 11.3 Å². The van der Waals surface area contributed by atoms with Crippen molar-refractivity contribution in [1.82, 2.24) is 4.98 Å². The second-order valence-corrected chi connectivity index (χ2v) is 4.69. The van der Waals surface area contributed by atoms with Gasteiger partial charge in [0.1, 0.15) is 0 Å². The highest BCUT2D eigenvalue weighted by atomic mass is 32.1. The lowest BCUT2D eigenvalue weighted by molar-refractivity contribution is -0.120. The summed E-state index contributed by atoms with van der Waals surface area (Å²) in [5.74, 6) is -0.221. The number of rotatable bonds is 2. The lowest BCUT2D eigenvalue weighted by Gasteiger charge is -2.16. The first-order valence-electron chi connectivity index (χ1n) is 3.92. The minimum atomic E-state index is -0.862. The van der Waals surface area contributed by atoms with E-state index in [2.05, 4.69) is 10.3 Å². The van der Waals surface area contributed by atoms with Crippen LogP contribution in [0.2, 0.25) is 0 Å². The Morgan fingerprint density at radius 1 is 1.69 bits per heavy atom. The zero-order chi connectivity index (χ0) is 10.1. The van der Waals surface area contributed by atoms with E-state index in [1.54, 1.807) is 20.0 Å². The maximum Gasteiger partial charge on any atom is 0.245 e. The summed E-state index contributed by atoms with van der Waals surface area (Å²) < 4.78 is 0. The minimum absolute atomic E-state index is 0.221. The van der Waals surface area contributed by atoms with Crippen molar-refractivity contribution in [1.29, 1.82) is 0 Å². The van der Waals surface area contributed by atoms with Crippen molar-refractivity contribution in [2.45, 2.75) is 26.3 Å². The van der Waals surface area contributed by atoms with Gasteiger partial charge in [-0.1, -0.05) is 0 Å². The molecule has 0 aromatic carbocycles. The van der Waals surface area contributed by atoms with Crippen molar-refractivity contribution >= 4 is 22.4 Å². The number of hydrogen-bond acceptors (Lipinski definition) is 4. The van der Waals surface area contributed by atoms with Crippen LogP contribution in [-0.2, 0) is 4.79 Å². The monoisotopic (exact) mass is 199 g/mol. The van der Waals surface area contributed by atoms with Crippen LogP contribution in [0, 0.1) is 6.92 Å². The van der Waals surface area contributed by atoms with Gasteiger partial charge in [0.15, 0.2) is 5.13 Å². The summed E-state index contributed by atoms with van der Waals surface area (Å²) in [5.41, 5.74) is 4.74. The normalized spacial score (nSPS) is 11.4. The summed E-state index contributed by atoms with van der Waals surface area (Å²) in [4.78, 5) is 16.4. The van der Waals surface area contributed by atoms with Gasteiger partial charge >= 0.3 is 0 Å². The smallest absolute Gasteiger partial charge is 0.245 e. The van der Waals surface area contributed by atoms with Gasteiger partial charge in [-0.15, -0.1) is 11.3 Å². The molecule has 5 heteroatoms. The van der Waals surface area contributed by atoms with Crippen molar-refractivity contribution in [3.63, 3.8) is 0 Å². The molecule has 0 fully saturated rings. The Hall–Kier alpha value is -0.940. The molecule has 0 bridgehead atoms. The van der Waals surface area contributed by atoms with Gasteiger partial charge in [0.25, 0.3) is 0 Å². The standard InChI is InChI=1S/C8H13N3OS/c1-5-4-10-7(13-5)11-6(12)8(2,3)9/h4H,9H2,1-3H3,(H,10,11,12). The first-order valence-corrected chi connectivity index (χ1v) is 4.74. The number of hydrogen-bond donors (Lipinski definition) is 2. The Bertz CT molecular complexity index is 313. The third-order valence-corrected chi connectivity index (χ3v) is 2.26. The summed E-state index contributed by atoms with van der Waals surface area (Å²) in [5, 5.41) is 3.24. The van der Waals surface area contributed by atoms with Crippen LogP contribution < -0.4 is 11.1 Å². The number of nitrogens with two attached hydrogens (primary N) is 1. The zero-order valence-corrected chi connectivity index (χ0v) is 8.73. The molecular weight excluding hydrogens is 186 g/mol. The van der Waals surface area contributed by atoms with E-state index >= 15 is 0 Å². The van der Waals surface area contributed by atoms with Crippen LogP contribution in [0.1, 0.15) is 18.7 Å². The Morgan fingerprint density at radius 3 is 2.69 bits per heavy atom. The number of amides is 1. The average molecular weight is 199 g/mol. The number of nitrogens with zero attached hydrogens (tertiary/aromatic N) is 1. The summed E-state index contributed by atoms with van der Waals surface area (Å²) in [6.45, 7) is 5.24. The van der Waals surface area contributed by atoms with Crippen LogP contribution in [-0.4, -0.2) is 16.4 Å². The Morgan fingerprint density at radius 2 is 2.31 bits per heavy atom. The summed E-state index contributed by atoms with van der Waals surface area (Å²) >= 11 is 1.43. The molecule has 1 aromatic heterocycles. The number of anilines is 1. The lowest BCUT2D eigenvalue weighted by atomic mass is 10.1. The van der Waals surface area contributed by atoms with Crippen LogP contribution in [0.5, 0.6) is 0 Å². The molecule has 0 unspecified atom stereocenters. The number of aryl methyl sites for hydroxylation is 1. The Labute approximate surface area is 81.2 Å². The predicted octanol–water partition coefficient (Wildman–Crippen LogP) is 1.13. The van der Waals surface area contributed by atoms with Crippen molar-refractivity contribution in [3.05, 3.63) is 11.1 Å². The average Bonchev–Trinajstić information content (AvgIpc) is 2.33. The van der Waals surface area contributed by atoms with Crippen molar-refractivity contribution in [3.8, 4) is 0 Å². The molecule has 1 rings (SSSR count). The number of nitrogens with one attached hydrogen (secondary N) is 1. The van der Waals surface area contributed by atoms with Crippen molar-refractivity contribution in [2.24, 2.45) is 5.73 Å². The van der Waals surface area contributed by atoms with Crippen LogP contribution in [0.15, 0.2) is 6.20 Å². The molecular formula is C8H13N3OS. The fourth-order valence-corrected chi connectivity index (χ4v) is 1.33. The third kappa shape index (κ3) is 2.78. The van der Waals surface area contributed by atoms with E-state index in [0.717, 1.165) is 4.88 Å². The van der Waals surface area contributed by atoms with Gasteiger partial charge in [0.05, 0.1) is 5.54 Å². The molecule has 0 saturated carbocycles. The molecule has 3 N–H and O–H groups in total. The van der Waals surface area contributed by atoms with Crippen LogP contribution in [0.3, 0.4) is 0 Å². The van der Waals surface area contributed by atoms with Crippen LogP contribution >= 0.6 is 11.3 Å². The van der Waals surface area contributed by atoms with Gasteiger partial charge in [-0.3, -0.25) is 4.79 Å². The molecule has 0 aliphatic rings. The maximum atomic E-state index is 11.4. The second kappa shape index (κ2) is 3.43. The largest absolute Gasteiger partial charge is 0.318 e. The van der Waals surface area contributed by atoms with Crippen molar-refractivity contribution in [2.75, 3.05) is 5.32 Å². The molecule has 1 amide bonds. The summed E-state index contributed by atoms with van der Waals surface area (Å²) in [7, 11) is 0. The molecule has 0 atom stereocenters. The molecule has 0 aliphatic heterocycles. The summed E-state index contributed by atoms with van der Waals surface area (Å²) in [6.07, 6.45) is 1.71. The summed E-state index contributed by atoms with van der Waals surface area (Å²) in [6, 6.07) is 0. The predicted molar refractivity (Wildman–Crippen MR) is 53.7 cm³/mol. The number of carbonyl (C=O) groups excluding carboxylic acids is 1. The molecule has 0 radical (unpaired) electrons. The van der Waals surface area contributed by atoms with E-state index in [4.69, 9.17) is 5.73 Å². The fourth-order valence-electron chi connectivity index (χ4n) is 0.671. The fraction of sp³-hybridized carbons (Fsp3) is 0.500. The van der Waals surface area contributed by atoms with Gasteiger partial charge < -0.3 is 11.1 Å².